The van der Waals surface area contributed by atoms with Crippen LogP contribution in [0.5, 0.6) is 0 Å². The van der Waals surface area contributed by atoms with Gasteiger partial charge in [0, 0.05) is 11.6 Å². The molecule has 2 rings (SSSR count). The molecule has 7 nitrogen and oxygen atoms in total. The molecule has 7 heteroatoms. The molecular weight excluding hydrogens is 358 g/mol. The fourth-order valence-corrected chi connectivity index (χ4v) is 2.90. The molecule has 28 heavy (non-hydrogen) atoms. The number of nitro groups is 1. The molecule has 0 aliphatic heterocycles. The van der Waals surface area contributed by atoms with E-state index in [1.165, 1.54) is 12.1 Å². The number of aryl methyl sites for hydroxylation is 1. The van der Waals surface area contributed by atoms with E-state index >= 15 is 0 Å². The highest BCUT2D eigenvalue weighted by atomic mass is 16.6. The smallest absolute Gasteiger partial charge is 0.408 e. The van der Waals surface area contributed by atoms with Crippen LogP contribution < -0.4 is 5.32 Å². The summed E-state index contributed by atoms with van der Waals surface area (Å²) in [6, 6.07) is 14.7. The summed E-state index contributed by atoms with van der Waals surface area (Å²) in [6.07, 6.45) is -0.696. The maximum atomic E-state index is 12.4. The zero-order chi connectivity index (χ0) is 20.9. The molecule has 2 atom stereocenters. The van der Waals surface area contributed by atoms with Gasteiger partial charge in [0.05, 0.1) is 17.0 Å². The predicted octanol–water partition coefficient (Wildman–Crippen LogP) is 4.78. The van der Waals surface area contributed by atoms with E-state index in [2.05, 4.69) is 11.4 Å². The Hall–Kier alpha value is -3.40. The van der Waals surface area contributed by atoms with Crippen LogP contribution in [0.2, 0.25) is 0 Å². The number of benzene rings is 2. The first kappa shape index (κ1) is 20.9. The summed E-state index contributed by atoms with van der Waals surface area (Å²) in [5, 5.41) is 24.0. The van der Waals surface area contributed by atoms with Gasteiger partial charge in [-0.3, -0.25) is 10.1 Å². The predicted molar refractivity (Wildman–Crippen MR) is 105 cm³/mol. The highest BCUT2D eigenvalue weighted by molar-refractivity contribution is 5.69. The second kappa shape index (κ2) is 8.53. The number of nitriles is 1. The lowest BCUT2D eigenvalue weighted by Crippen LogP contribution is -2.37. The quantitative estimate of drug-likeness (QED) is 0.593. The minimum Gasteiger partial charge on any atom is -0.444 e. The summed E-state index contributed by atoms with van der Waals surface area (Å²) in [6.45, 7) is 7.09. The molecule has 0 aromatic heterocycles. The number of rotatable bonds is 5. The lowest BCUT2D eigenvalue weighted by Gasteiger charge is -2.27. The molecule has 1 N–H and O–H groups in total. The van der Waals surface area contributed by atoms with E-state index in [1.54, 1.807) is 39.0 Å². The Morgan fingerprint density at radius 3 is 2.46 bits per heavy atom. The Kier molecular flexibility index (Phi) is 6.37. The molecular formula is C21H23N3O4. The first-order chi connectivity index (χ1) is 13.1. The summed E-state index contributed by atoms with van der Waals surface area (Å²) in [7, 11) is 0. The fourth-order valence-electron chi connectivity index (χ4n) is 2.90. The van der Waals surface area contributed by atoms with Crippen molar-refractivity contribution in [1.29, 1.82) is 5.26 Å². The molecule has 0 unspecified atom stereocenters. The molecule has 0 aliphatic carbocycles. The van der Waals surface area contributed by atoms with Gasteiger partial charge in [-0.15, -0.1) is 0 Å². The Morgan fingerprint density at radius 1 is 1.21 bits per heavy atom. The van der Waals surface area contributed by atoms with Crippen LogP contribution in [0.15, 0.2) is 48.5 Å². The SMILES string of the molecule is Cc1cccc([C@@H](NC(=O)OC(C)(C)C)[C@H](C#N)c2ccccc2[N+](=O)[O-])c1. The van der Waals surface area contributed by atoms with Crippen LogP contribution in [-0.2, 0) is 4.74 Å². The molecule has 0 aliphatic rings. The lowest BCUT2D eigenvalue weighted by atomic mass is 9.86. The molecule has 0 spiro atoms. The van der Waals surface area contributed by atoms with Crippen molar-refractivity contribution in [3.05, 3.63) is 75.3 Å². The van der Waals surface area contributed by atoms with Crippen molar-refractivity contribution in [2.75, 3.05) is 0 Å². The van der Waals surface area contributed by atoms with Gasteiger partial charge in [0.1, 0.15) is 11.5 Å². The number of hydrogen-bond donors (Lipinski definition) is 1. The van der Waals surface area contributed by atoms with Gasteiger partial charge in [-0.2, -0.15) is 5.26 Å². The van der Waals surface area contributed by atoms with Crippen molar-refractivity contribution in [2.45, 2.75) is 45.3 Å². The molecule has 0 bridgehead atoms. The van der Waals surface area contributed by atoms with Gasteiger partial charge in [0.15, 0.2) is 0 Å². The second-order valence-electron chi connectivity index (χ2n) is 7.46. The maximum absolute atomic E-state index is 12.4. The number of hydrogen-bond acceptors (Lipinski definition) is 5. The Balaban J connectivity index is 2.52. The van der Waals surface area contributed by atoms with Crippen LogP contribution in [0, 0.1) is 28.4 Å². The topological polar surface area (TPSA) is 105 Å². The highest BCUT2D eigenvalue weighted by Crippen LogP contribution is 2.36. The van der Waals surface area contributed by atoms with Crippen molar-refractivity contribution < 1.29 is 14.5 Å². The van der Waals surface area contributed by atoms with Crippen LogP contribution in [0.4, 0.5) is 10.5 Å². The Morgan fingerprint density at radius 2 is 1.89 bits per heavy atom. The minimum absolute atomic E-state index is 0.169. The van der Waals surface area contributed by atoms with E-state index in [1.807, 2.05) is 25.1 Å². The number of alkyl carbamates (subject to hydrolysis) is 1. The standard InChI is InChI=1S/C21H23N3O4/c1-14-8-7-9-15(12-14)19(23-20(25)28-21(2,3)4)17(13-22)16-10-5-6-11-18(16)24(26)27/h5-12,17,19H,1-4H3,(H,23,25)/t17-,19-/m1/s1. The lowest BCUT2D eigenvalue weighted by molar-refractivity contribution is -0.385. The van der Waals surface area contributed by atoms with E-state index in [4.69, 9.17) is 4.74 Å². The van der Waals surface area contributed by atoms with Crippen LogP contribution in [0.3, 0.4) is 0 Å². The molecule has 0 heterocycles. The number of nitrogens with zero attached hydrogens (tertiary/aromatic N) is 2. The molecule has 146 valence electrons. The zero-order valence-corrected chi connectivity index (χ0v) is 16.3. The summed E-state index contributed by atoms with van der Waals surface area (Å²) in [4.78, 5) is 23.3. The maximum Gasteiger partial charge on any atom is 0.408 e. The second-order valence-corrected chi connectivity index (χ2v) is 7.46. The van der Waals surface area contributed by atoms with Gasteiger partial charge >= 0.3 is 6.09 Å². The molecule has 0 saturated carbocycles. The third-order valence-corrected chi connectivity index (χ3v) is 4.01. The van der Waals surface area contributed by atoms with Gasteiger partial charge in [-0.25, -0.2) is 4.79 Å². The average Bonchev–Trinajstić information content (AvgIpc) is 2.60. The van der Waals surface area contributed by atoms with Crippen molar-refractivity contribution in [3.8, 4) is 6.07 Å². The van der Waals surface area contributed by atoms with Gasteiger partial charge in [0.25, 0.3) is 5.69 Å². The van der Waals surface area contributed by atoms with Crippen LogP contribution >= 0.6 is 0 Å². The van der Waals surface area contributed by atoms with Crippen molar-refractivity contribution in [2.24, 2.45) is 0 Å². The molecule has 2 aromatic carbocycles. The van der Waals surface area contributed by atoms with Crippen molar-refractivity contribution in [1.82, 2.24) is 5.32 Å². The van der Waals surface area contributed by atoms with Crippen LogP contribution in [0.1, 0.15) is 49.4 Å². The van der Waals surface area contributed by atoms with Gasteiger partial charge in [0.2, 0.25) is 0 Å². The monoisotopic (exact) mass is 381 g/mol. The Labute approximate surface area is 164 Å². The number of amides is 1. The number of carbonyl (C=O) groups is 1. The van der Waals surface area contributed by atoms with Crippen LogP contribution in [-0.4, -0.2) is 16.6 Å². The van der Waals surface area contributed by atoms with Gasteiger partial charge in [-0.05, 0) is 33.3 Å². The summed E-state index contributed by atoms with van der Waals surface area (Å²) >= 11 is 0. The number of nitro benzene ring substituents is 1. The average molecular weight is 381 g/mol. The van der Waals surface area contributed by atoms with Gasteiger partial charge in [-0.1, -0.05) is 48.0 Å². The number of nitrogens with one attached hydrogen (secondary N) is 1. The van der Waals surface area contributed by atoms with Crippen molar-refractivity contribution >= 4 is 11.8 Å². The third kappa shape index (κ3) is 5.30. The summed E-state index contributed by atoms with van der Waals surface area (Å²) in [5.41, 5.74) is 0.945. The zero-order valence-electron chi connectivity index (χ0n) is 16.3. The van der Waals surface area contributed by atoms with Gasteiger partial charge < -0.3 is 10.1 Å². The fraction of sp³-hybridized carbons (Fsp3) is 0.333. The number of carbonyl (C=O) groups excluding carboxylic acids is 1. The largest absolute Gasteiger partial charge is 0.444 e. The minimum atomic E-state index is -0.976. The number of para-hydroxylation sites is 1. The van der Waals surface area contributed by atoms with Crippen LogP contribution in [0.25, 0.3) is 0 Å². The number of ether oxygens (including phenoxy) is 1. The van der Waals surface area contributed by atoms with E-state index in [0.717, 1.165) is 5.56 Å². The molecule has 0 saturated heterocycles. The summed E-state index contributed by atoms with van der Waals surface area (Å²) < 4.78 is 5.33. The van der Waals surface area contributed by atoms with E-state index in [0.29, 0.717) is 5.56 Å². The van der Waals surface area contributed by atoms with E-state index in [9.17, 15) is 20.2 Å². The Bertz CT molecular complexity index is 912. The molecule has 0 fully saturated rings. The third-order valence-electron chi connectivity index (χ3n) is 4.01. The van der Waals surface area contributed by atoms with Crippen molar-refractivity contribution in [3.63, 3.8) is 0 Å². The first-order valence-electron chi connectivity index (χ1n) is 8.81. The highest BCUT2D eigenvalue weighted by Gasteiger charge is 2.32. The molecule has 1 amide bonds. The normalized spacial score (nSPS) is 13.1. The van der Waals surface area contributed by atoms with E-state index in [-0.39, 0.29) is 11.3 Å². The molecule has 0 radical (unpaired) electrons. The molecule has 2 aromatic rings. The first-order valence-corrected chi connectivity index (χ1v) is 8.81. The summed E-state index contributed by atoms with van der Waals surface area (Å²) in [5.74, 6) is -0.976. The van der Waals surface area contributed by atoms with E-state index < -0.39 is 28.6 Å².